The second-order valence-electron chi connectivity index (χ2n) is 1.85. The molecule has 0 aliphatic rings. The van der Waals surface area contributed by atoms with Gasteiger partial charge >= 0.3 is 81.1 Å². The summed E-state index contributed by atoms with van der Waals surface area (Å²) in [6.07, 6.45) is -0.265. The summed E-state index contributed by atoms with van der Waals surface area (Å²) in [4.78, 5) is 29.1. The summed E-state index contributed by atoms with van der Waals surface area (Å²) in [6.45, 7) is -0.965. The van der Waals surface area contributed by atoms with Gasteiger partial charge in [0.05, 0.1) is 0 Å². The Morgan fingerprint density at radius 3 is 2.31 bits per heavy atom. The summed E-state index contributed by atoms with van der Waals surface area (Å²) >= 11 is 3.13. The topological polar surface area (TPSA) is 93.1 Å². The zero-order valence-electron chi connectivity index (χ0n) is 6.50. The van der Waals surface area contributed by atoms with E-state index in [1.165, 1.54) is 0 Å². The van der Waals surface area contributed by atoms with Crippen molar-refractivity contribution in [1.82, 2.24) is 0 Å². The molecule has 0 fully saturated rings. The predicted molar refractivity (Wildman–Crippen MR) is 36.0 cm³/mol. The van der Waals surface area contributed by atoms with E-state index in [0.717, 1.165) is 0 Å². The molecule has 0 spiro atoms. The SMILES string of the molecule is O=C(CCO)OOC(=O)[C](=[Fe+])CO. The van der Waals surface area contributed by atoms with Crippen LogP contribution in [0.2, 0.25) is 0 Å². The third kappa shape index (κ3) is 5.48. The molecule has 0 aromatic rings. The zero-order chi connectivity index (χ0) is 10.3. The Labute approximate surface area is 81.7 Å². The van der Waals surface area contributed by atoms with E-state index in [0.29, 0.717) is 0 Å². The molecule has 0 aromatic heterocycles. The zero-order valence-corrected chi connectivity index (χ0v) is 7.61. The van der Waals surface area contributed by atoms with E-state index < -0.39 is 25.2 Å². The summed E-state index contributed by atoms with van der Waals surface area (Å²) in [7, 11) is 0. The van der Waals surface area contributed by atoms with Crippen LogP contribution in [0.3, 0.4) is 0 Å². The number of hydrogen-bond acceptors (Lipinski definition) is 6. The minimum atomic E-state index is -1.02. The summed E-state index contributed by atoms with van der Waals surface area (Å²) in [5, 5.41) is 16.7. The van der Waals surface area contributed by atoms with Crippen molar-refractivity contribution in [3.8, 4) is 0 Å². The van der Waals surface area contributed by atoms with Gasteiger partial charge in [0, 0.05) is 0 Å². The Balaban J connectivity index is 3.70. The van der Waals surface area contributed by atoms with Crippen LogP contribution in [0.1, 0.15) is 6.42 Å². The third-order valence-corrected chi connectivity index (χ3v) is 1.28. The van der Waals surface area contributed by atoms with E-state index in [9.17, 15) is 9.59 Å². The average molecular weight is 232 g/mol. The molecule has 0 aliphatic heterocycles. The van der Waals surface area contributed by atoms with Crippen LogP contribution in [0.5, 0.6) is 0 Å². The van der Waals surface area contributed by atoms with Gasteiger partial charge in [-0.05, 0) is 0 Å². The van der Waals surface area contributed by atoms with Crippen molar-refractivity contribution in [2.75, 3.05) is 13.2 Å². The molecule has 75 valence electrons. The molecule has 0 bridgehead atoms. The van der Waals surface area contributed by atoms with Gasteiger partial charge in [-0.3, -0.25) is 0 Å². The molecule has 0 aliphatic carbocycles. The van der Waals surface area contributed by atoms with E-state index in [2.05, 4.69) is 25.4 Å². The van der Waals surface area contributed by atoms with Crippen LogP contribution in [0.4, 0.5) is 0 Å². The minimum absolute atomic E-state index is 0.225. The summed E-state index contributed by atoms with van der Waals surface area (Å²) < 4.78 is -0.225. The van der Waals surface area contributed by atoms with Crippen molar-refractivity contribution < 1.29 is 45.2 Å². The molecule has 13 heavy (non-hydrogen) atoms. The first kappa shape index (κ1) is 12.2. The molecule has 0 aromatic carbocycles. The monoisotopic (exact) mass is 232 g/mol. The van der Waals surface area contributed by atoms with Gasteiger partial charge < -0.3 is 0 Å². The number of carbonyl (C=O) groups excluding carboxylic acids is 2. The van der Waals surface area contributed by atoms with Gasteiger partial charge in [0.2, 0.25) is 0 Å². The molecule has 0 saturated heterocycles. The van der Waals surface area contributed by atoms with Gasteiger partial charge in [0.25, 0.3) is 0 Å². The second-order valence-corrected chi connectivity index (χ2v) is 2.51. The van der Waals surface area contributed by atoms with Crippen LogP contribution in [-0.4, -0.2) is 39.8 Å². The molecule has 0 heterocycles. The van der Waals surface area contributed by atoms with Gasteiger partial charge in [-0.2, -0.15) is 0 Å². The Morgan fingerprint density at radius 1 is 1.23 bits per heavy atom. The van der Waals surface area contributed by atoms with Crippen molar-refractivity contribution in [3.63, 3.8) is 0 Å². The third-order valence-electron chi connectivity index (χ3n) is 0.878. The number of hydrogen-bond donors (Lipinski definition) is 2. The molecule has 7 heteroatoms. The van der Waals surface area contributed by atoms with Crippen LogP contribution >= 0.6 is 0 Å². The van der Waals surface area contributed by atoms with Crippen molar-refractivity contribution in [2.24, 2.45) is 0 Å². The average Bonchev–Trinajstić information content (AvgIpc) is 2.13. The maximum atomic E-state index is 10.7. The fourth-order valence-electron chi connectivity index (χ4n) is 0.326. The van der Waals surface area contributed by atoms with Crippen LogP contribution in [-0.2, 0) is 34.9 Å². The van der Waals surface area contributed by atoms with Crippen LogP contribution in [0.25, 0.3) is 0 Å². The van der Waals surface area contributed by atoms with Crippen molar-refractivity contribution in [1.29, 1.82) is 0 Å². The van der Waals surface area contributed by atoms with E-state index in [-0.39, 0.29) is 10.8 Å². The fourth-order valence-corrected chi connectivity index (χ4v) is 0.372. The number of aliphatic hydroxyl groups excluding tert-OH is 2. The number of aliphatic hydroxyl groups is 2. The molecule has 0 atom stereocenters. The van der Waals surface area contributed by atoms with Gasteiger partial charge in [0.1, 0.15) is 0 Å². The quantitative estimate of drug-likeness (QED) is 0.333. The molecule has 0 amide bonds. The van der Waals surface area contributed by atoms with Crippen LogP contribution in [0.15, 0.2) is 0 Å². The van der Waals surface area contributed by atoms with E-state index >= 15 is 0 Å². The summed E-state index contributed by atoms with van der Waals surface area (Å²) in [5.41, 5.74) is 0. The Kier molecular flexibility index (Phi) is 6.34. The van der Waals surface area contributed by atoms with E-state index in [1.807, 2.05) is 0 Å². The normalized spacial score (nSPS) is 9.08. The standard InChI is InChI=1S/C6H8O6.Fe/c7-3-1-5(9)11-12-6(10)2-4-8;/h7-8H,1,3-4H2;/q;+1. The summed E-state index contributed by atoms with van der Waals surface area (Å²) in [5.74, 6) is -1.89. The molecular formula is C6H8FeO6+. The Bertz CT molecular complexity index is 213. The molecule has 6 nitrogen and oxygen atoms in total. The van der Waals surface area contributed by atoms with Crippen molar-refractivity contribution in [3.05, 3.63) is 0 Å². The first-order valence-corrected chi connectivity index (χ1v) is 3.80. The van der Waals surface area contributed by atoms with E-state index in [4.69, 9.17) is 10.2 Å². The Hall–Kier alpha value is -0.751. The number of carbonyl (C=O) groups is 2. The molecule has 0 unspecified atom stereocenters. The molecule has 0 saturated carbocycles. The molecule has 2 N–H and O–H groups in total. The van der Waals surface area contributed by atoms with Crippen molar-refractivity contribution >= 4 is 16.4 Å². The van der Waals surface area contributed by atoms with Crippen LogP contribution < -0.4 is 0 Å². The number of rotatable bonds is 4. The maximum absolute atomic E-state index is 10.7. The second kappa shape index (κ2) is 6.73. The van der Waals surface area contributed by atoms with Gasteiger partial charge in [-0.25, -0.2) is 0 Å². The molecule has 0 radical (unpaired) electrons. The first-order valence-electron chi connectivity index (χ1n) is 3.25. The van der Waals surface area contributed by atoms with E-state index in [1.54, 1.807) is 0 Å². The molecule has 0 rings (SSSR count). The van der Waals surface area contributed by atoms with Crippen LogP contribution in [0, 0.1) is 0 Å². The Morgan fingerprint density at radius 2 is 1.85 bits per heavy atom. The van der Waals surface area contributed by atoms with Gasteiger partial charge in [-0.1, -0.05) is 0 Å². The van der Waals surface area contributed by atoms with Crippen molar-refractivity contribution in [2.45, 2.75) is 6.42 Å². The molecular weight excluding hydrogens is 224 g/mol. The fraction of sp³-hybridized carbons (Fsp3) is 0.500. The van der Waals surface area contributed by atoms with Gasteiger partial charge in [-0.15, -0.1) is 0 Å². The summed E-state index contributed by atoms with van der Waals surface area (Å²) in [6, 6.07) is 0. The first-order chi connectivity index (χ1) is 6.11. The van der Waals surface area contributed by atoms with Gasteiger partial charge in [0.15, 0.2) is 0 Å². The predicted octanol–water partition coefficient (Wildman–Crippen LogP) is -1.92.